The van der Waals surface area contributed by atoms with E-state index in [4.69, 9.17) is 4.74 Å². The van der Waals surface area contributed by atoms with Gasteiger partial charge >= 0.3 is 0 Å². The molecule has 1 amide bonds. The summed E-state index contributed by atoms with van der Waals surface area (Å²) in [5.41, 5.74) is 1.09. The van der Waals surface area contributed by atoms with Crippen LogP contribution in [0, 0.1) is 5.92 Å². The van der Waals surface area contributed by atoms with Crippen molar-refractivity contribution in [2.75, 3.05) is 13.2 Å². The minimum atomic E-state index is -0.0298. The van der Waals surface area contributed by atoms with Crippen LogP contribution in [0.3, 0.4) is 0 Å². The van der Waals surface area contributed by atoms with Crippen LogP contribution >= 0.6 is 0 Å². The van der Waals surface area contributed by atoms with Crippen LogP contribution in [-0.4, -0.2) is 19.1 Å². The van der Waals surface area contributed by atoms with Gasteiger partial charge in [0, 0.05) is 6.54 Å². The quantitative estimate of drug-likeness (QED) is 0.769. The number of carbonyl (C=O) groups excluding carboxylic acids is 1. The maximum atomic E-state index is 11.5. The van der Waals surface area contributed by atoms with Crippen molar-refractivity contribution >= 4 is 5.91 Å². The van der Waals surface area contributed by atoms with Crippen molar-refractivity contribution in [2.24, 2.45) is 5.92 Å². The number of amides is 1. The third-order valence-corrected chi connectivity index (χ3v) is 3.09. The largest absolute Gasteiger partial charge is 0.367 e. The Morgan fingerprint density at radius 2 is 1.89 bits per heavy atom. The lowest BCUT2D eigenvalue weighted by Gasteiger charge is -2.13. The van der Waals surface area contributed by atoms with Gasteiger partial charge in [-0.3, -0.25) is 4.79 Å². The van der Waals surface area contributed by atoms with Gasteiger partial charge in [0.2, 0.25) is 5.91 Å². The standard InChI is InChI=1S/C15H23NO2/c1-3-13(4-2)10-16-15(17)12-18-11-14-8-6-5-7-9-14/h5-9,13H,3-4,10-12H2,1-2H3,(H,16,17). The fraction of sp³-hybridized carbons (Fsp3) is 0.533. The van der Waals surface area contributed by atoms with Crippen LogP contribution < -0.4 is 5.32 Å². The lowest BCUT2D eigenvalue weighted by molar-refractivity contribution is -0.126. The summed E-state index contributed by atoms with van der Waals surface area (Å²) in [7, 11) is 0. The first-order chi connectivity index (χ1) is 8.76. The van der Waals surface area contributed by atoms with Crippen molar-refractivity contribution < 1.29 is 9.53 Å². The second-order valence-corrected chi connectivity index (χ2v) is 4.46. The molecule has 0 fully saturated rings. The van der Waals surface area contributed by atoms with Crippen LogP contribution in [-0.2, 0) is 16.1 Å². The Labute approximate surface area is 110 Å². The van der Waals surface area contributed by atoms with E-state index in [9.17, 15) is 4.79 Å². The van der Waals surface area contributed by atoms with Gasteiger partial charge in [0.15, 0.2) is 0 Å². The van der Waals surface area contributed by atoms with Gasteiger partial charge in [0.1, 0.15) is 6.61 Å². The molecular weight excluding hydrogens is 226 g/mol. The van der Waals surface area contributed by atoms with Crippen LogP contribution in [0.2, 0.25) is 0 Å². The smallest absolute Gasteiger partial charge is 0.246 e. The second-order valence-electron chi connectivity index (χ2n) is 4.46. The molecule has 0 radical (unpaired) electrons. The molecule has 0 aromatic heterocycles. The van der Waals surface area contributed by atoms with E-state index >= 15 is 0 Å². The predicted molar refractivity (Wildman–Crippen MR) is 73.2 cm³/mol. The molecule has 1 N–H and O–H groups in total. The molecule has 0 bridgehead atoms. The van der Waals surface area contributed by atoms with Crippen molar-refractivity contribution in [1.29, 1.82) is 0 Å². The number of benzene rings is 1. The summed E-state index contributed by atoms with van der Waals surface area (Å²) < 4.78 is 5.37. The van der Waals surface area contributed by atoms with Gasteiger partial charge in [0.05, 0.1) is 6.61 Å². The average molecular weight is 249 g/mol. The molecule has 1 aromatic rings. The summed E-state index contributed by atoms with van der Waals surface area (Å²) in [6, 6.07) is 9.87. The molecule has 3 heteroatoms. The first-order valence-electron chi connectivity index (χ1n) is 6.64. The molecule has 1 aromatic carbocycles. The van der Waals surface area contributed by atoms with Gasteiger partial charge in [-0.05, 0) is 11.5 Å². The van der Waals surface area contributed by atoms with Crippen molar-refractivity contribution in [3.05, 3.63) is 35.9 Å². The molecule has 18 heavy (non-hydrogen) atoms. The van der Waals surface area contributed by atoms with Crippen LogP contribution in [0.5, 0.6) is 0 Å². The molecule has 0 heterocycles. The van der Waals surface area contributed by atoms with Crippen LogP contribution in [0.25, 0.3) is 0 Å². The SMILES string of the molecule is CCC(CC)CNC(=O)COCc1ccccc1. The van der Waals surface area contributed by atoms with E-state index in [0.717, 1.165) is 24.9 Å². The van der Waals surface area contributed by atoms with Gasteiger partial charge < -0.3 is 10.1 Å². The molecule has 0 atom stereocenters. The zero-order valence-corrected chi connectivity index (χ0v) is 11.3. The first-order valence-corrected chi connectivity index (χ1v) is 6.64. The lowest BCUT2D eigenvalue weighted by atomic mass is 10.0. The summed E-state index contributed by atoms with van der Waals surface area (Å²) in [6.07, 6.45) is 2.20. The fourth-order valence-electron chi connectivity index (χ4n) is 1.72. The number of ether oxygens (including phenoxy) is 1. The molecule has 0 aliphatic heterocycles. The molecule has 0 aliphatic carbocycles. The van der Waals surface area contributed by atoms with E-state index in [1.54, 1.807) is 0 Å². The van der Waals surface area contributed by atoms with Gasteiger partial charge in [-0.25, -0.2) is 0 Å². The van der Waals surface area contributed by atoms with Gasteiger partial charge in [0.25, 0.3) is 0 Å². The van der Waals surface area contributed by atoms with Crippen molar-refractivity contribution in [2.45, 2.75) is 33.3 Å². The Kier molecular flexibility index (Phi) is 7.11. The van der Waals surface area contributed by atoms with E-state index in [1.165, 1.54) is 0 Å². The molecule has 0 unspecified atom stereocenters. The highest BCUT2D eigenvalue weighted by atomic mass is 16.5. The Bertz CT molecular complexity index is 334. The summed E-state index contributed by atoms with van der Waals surface area (Å²) >= 11 is 0. The predicted octanol–water partition coefficient (Wildman–Crippen LogP) is 2.76. The highest BCUT2D eigenvalue weighted by molar-refractivity contribution is 5.77. The van der Waals surface area contributed by atoms with Crippen molar-refractivity contribution in [1.82, 2.24) is 5.32 Å². The topological polar surface area (TPSA) is 38.3 Å². The van der Waals surface area contributed by atoms with Gasteiger partial charge in [-0.15, -0.1) is 0 Å². The van der Waals surface area contributed by atoms with Crippen molar-refractivity contribution in [3.8, 4) is 0 Å². The fourth-order valence-corrected chi connectivity index (χ4v) is 1.72. The number of hydrogen-bond acceptors (Lipinski definition) is 2. The minimum absolute atomic E-state index is 0.0298. The van der Waals surface area contributed by atoms with Crippen molar-refractivity contribution in [3.63, 3.8) is 0 Å². The second kappa shape index (κ2) is 8.70. The third kappa shape index (κ3) is 5.82. The number of nitrogens with one attached hydrogen (secondary N) is 1. The third-order valence-electron chi connectivity index (χ3n) is 3.09. The van der Waals surface area contributed by atoms with E-state index < -0.39 is 0 Å². The number of rotatable bonds is 8. The summed E-state index contributed by atoms with van der Waals surface area (Å²) in [4.78, 5) is 11.5. The van der Waals surface area contributed by atoms with E-state index in [0.29, 0.717) is 12.5 Å². The maximum Gasteiger partial charge on any atom is 0.246 e. The lowest BCUT2D eigenvalue weighted by Crippen LogP contribution is -2.31. The zero-order chi connectivity index (χ0) is 13.2. The van der Waals surface area contributed by atoms with Gasteiger partial charge in [-0.1, -0.05) is 57.0 Å². The molecular formula is C15H23NO2. The Hall–Kier alpha value is -1.35. The molecule has 1 rings (SSSR count). The molecule has 0 spiro atoms. The molecule has 3 nitrogen and oxygen atoms in total. The van der Waals surface area contributed by atoms with E-state index in [-0.39, 0.29) is 12.5 Å². The van der Waals surface area contributed by atoms with E-state index in [2.05, 4.69) is 19.2 Å². The highest BCUT2D eigenvalue weighted by Gasteiger charge is 2.06. The Balaban J connectivity index is 2.14. The van der Waals surface area contributed by atoms with Gasteiger partial charge in [-0.2, -0.15) is 0 Å². The first kappa shape index (κ1) is 14.7. The molecule has 100 valence electrons. The van der Waals surface area contributed by atoms with Crippen LogP contribution in [0.15, 0.2) is 30.3 Å². The number of hydrogen-bond donors (Lipinski definition) is 1. The van der Waals surface area contributed by atoms with E-state index in [1.807, 2.05) is 30.3 Å². The Morgan fingerprint density at radius 3 is 2.50 bits per heavy atom. The number of carbonyl (C=O) groups is 1. The summed E-state index contributed by atoms with van der Waals surface area (Å²) in [5, 5.41) is 2.91. The van der Waals surface area contributed by atoms with Crippen LogP contribution in [0.4, 0.5) is 0 Å². The average Bonchev–Trinajstić information content (AvgIpc) is 2.41. The monoisotopic (exact) mass is 249 g/mol. The summed E-state index contributed by atoms with van der Waals surface area (Å²) in [6.45, 7) is 5.66. The summed E-state index contributed by atoms with van der Waals surface area (Å²) in [5.74, 6) is 0.543. The Morgan fingerprint density at radius 1 is 1.22 bits per heavy atom. The molecule has 0 saturated heterocycles. The minimum Gasteiger partial charge on any atom is -0.367 e. The normalized spacial score (nSPS) is 10.6. The van der Waals surface area contributed by atoms with Crippen LogP contribution in [0.1, 0.15) is 32.3 Å². The zero-order valence-electron chi connectivity index (χ0n) is 11.3. The molecule has 0 saturated carbocycles. The molecule has 0 aliphatic rings. The highest BCUT2D eigenvalue weighted by Crippen LogP contribution is 2.05. The maximum absolute atomic E-state index is 11.5.